The predicted molar refractivity (Wildman–Crippen MR) is 187 cm³/mol. The quantitative estimate of drug-likeness (QED) is 0.0304. The summed E-state index contributed by atoms with van der Waals surface area (Å²) in [6, 6.07) is 0. The second-order valence-electron chi connectivity index (χ2n) is 11.7. The van der Waals surface area contributed by atoms with Crippen molar-refractivity contribution in [3.8, 4) is 0 Å². The van der Waals surface area contributed by atoms with Gasteiger partial charge in [-0.3, -0.25) is 13.8 Å². The Labute approximate surface area is 276 Å². The fourth-order valence-corrected chi connectivity index (χ4v) is 5.38. The van der Waals surface area contributed by atoms with Gasteiger partial charge in [-0.15, -0.1) is 0 Å². The minimum absolute atomic E-state index is 0.0965. The Morgan fingerprint density at radius 1 is 0.667 bits per heavy atom. The van der Waals surface area contributed by atoms with Gasteiger partial charge in [0.1, 0.15) is 6.10 Å². The molecule has 0 spiro atoms. The van der Waals surface area contributed by atoms with Crippen LogP contribution in [-0.4, -0.2) is 49.9 Å². The van der Waals surface area contributed by atoms with Crippen LogP contribution in [0.2, 0.25) is 0 Å². The fraction of sp³-hybridized carbons (Fsp3) is 0.806. The molecule has 0 aliphatic carbocycles. The smallest absolute Gasteiger partial charge is 0.457 e. The van der Waals surface area contributed by atoms with Gasteiger partial charge in [0.05, 0.1) is 19.8 Å². The second-order valence-corrected chi connectivity index (χ2v) is 13.2. The summed E-state index contributed by atoms with van der Waals surface area (Å²) in [6.45, 7) is 4.78. The Bertz CT molecular complexity index is 787. The van der Waals surface area contributed by atoms with Crippen molar-refractivity contribution in [3.63, 3.8) is 0 Å². The molecule has 8 nitrogen and oxygen atoms in total. The molecule has 45 heavy (non-hydrogen) atoms. The lowest BCUT2D eigenvalue weighted by Gasteiger charge is -2.20. The maximum Gasteiger partial charge on any atom is 0.472 e. The summed E-state index contributed by atoms with van der Waals surface area (Å²) in [5, 5.41) is 0. The SMILES string of the molecule is CCC/C=C\C/C=C\CCCCCCCCOCC(COP(=O)(O)OCCN)OC(=O)CCCCCCC/C=C\CCCCC. The summed E-state index contributed by atoms with van der Waals surface area (Å²) in [5.41, 5.74) is 5.34. The molecule has 0 rings (SSSR count). The third-order valence-corrected chi connectivity index (χ3v) is 8.24. The van der Waals surface area contributed by atoms with E-state index in [-0.39, 0.29) is 32.3 Å². The molecule has 0 aliphatic rings. The van der Waals surface area contributed by atoms with E-state index in [2.05, 4.69) is 50.3 Å². The van der Waals surface area contributed by atoms with Gasteiger partial charge in [0.25, 0.3) is 0 Å². The van der Waals surface area contributed by atoms with E-state index in [9.17, 15) is 14.3 Å². The fourth-order valence-electron chi connectivity index (χ4n) is 4.61. The maximum atomic E-state index is 12.5. The zero-order chi connectivity index (χ0) is 33.1. The van der Waals surface area contributed by atoms with Gasteiger partial charge in [0.15, 0.2) is 0 Å². The van der Waals surface area contributed by atoms with Gasteiger partial charge in [-0.2, -0.15) is 0 Å². The van der Waals surface area contributed by atoms with Crippen LogP contribution >= 0.6 is 7.82 Å². The highest BCUT2D eigenvalue weighted by Gasteiger charge is 2.25. The first-order valence-corrected chi connectivity index (χ1v) is 19.5. The molecule has 0 bridgehead atoms. The summed E-state index contributed by atoms with van der Waals surface area (Å²) < 4.78 is 33.2. The van der Waals surface area contributed by atoms with E-state index in [4.69, 9.17) is 24.3 Å². The van der Waals surface area contributed by atoms with E-state index < -0.39 is 13.9 Å². The minimum Gasteiger partial charge on any atom is -0.457 e. The predicted octanol–water partition coefficient (Wildman–Crippen LogP) is 9.91. The van der Waals surface area contributed by atoms with E-state index in [0.717, 1.165) is 70.6 Å². The number of hydrogen-bond acceptors (Lipinski definition) is 7. The highest BCUT2D eigenvalue weighted by atomic mass is 31.2. The average Bonchev–Trinajstić information content (AvgIpc) is 3.02. The molecule has 264 valence electrons. The second kappa shape index (κ2) is 34.1. The molecule has 0 heterocycles. The van der Waals surface area contributed by atoms with Gasteiger partial charge in [-0.25, -0.2) is 4.57 Å². The minimum atomic E-state index is -4.27. The van der Waals surface area contributed by atoms with E-state index >= 15 is 0 Å². The Morgan fingerprint density at radius 2 is 1.22 bits per heavy atom. The van der Waals surface area contributed by atoms with Crippen molar-refractivity contribution < 1.29 is 32.8 Å². The third kappa shape index (κ3) is 33.9. The first-order valence-electron chi connectivity index (χ1n) is 18.0. The van der Waals surface area contributed by atoms with Gasteiger partial charge in [0, 0.05) is 19.6 Å². The largest absolute Gasteiger partial charge is 0.472 e. The van der Waals surface area contributed by atoms with Crippen molar-refractivity contribution in [1.82, 2.24) is 0 Å². The number of allylic oxidation sites excluding steroid dienone is 6. The summed E-state index contributed by atoms with van der Waals surface area (Å²) in [5.74, 6) is -0.347. The van der Waals surface area contributed by atoms with Crippen LogP contribution in [0.5, 0.6) is 0 Å². The maximum absolute atomic E-state index is 12.5. The first kappa shape index (κ1) is 43.7. The van der Waals surface area contributed by atoms with Crippen molar-refractivity contribution in [1.29, 1.82) is 0 Å². The number of carbonyl (C=O) groups excluding carboxylic acids is 1. The Morgan fingerprint density at radius 3 is 1.84 bits per heavy atom. The molecule has 0 fully saturated rings. The number of unbranched alkanes of at least 4 members (excludes halogenated alkanes) is 15. The van der Waals surface area contributed by atoms with Crippen LogP contribution in [0.4, 0.5) is 0 Å². The van der Waals surface area contributed by atoms with Crippen LogP contribution in [-0.2, 0) is 27.9 Å². The van der Waals surface area contributed by atoms with Crippen LogP contribution in [0.1, 0.15) is 149 Å². The zero-order valence-electron chi connectivity index (χ0n) is 28.8. The monoisotopic (exact) mass is 657 g/mol. The molecule has 2 atom stereocenters. The van der Waals surface area contributed by atoms with Crippen LogP contribution < -0.4 is 5.73 Å². The summed E-state index contributed by atoms with van der Waals surface area (Å²) in [6.07, 6.45) is 35.8. The van der Waals surface area contributed by atoms with E-state index in [0.29, 0.717) is 13.0 Å². The van der Waals surface area contributed by atoms with Crippen molar-refractivity contribution in [2.75, 3.05) is 33.0 Å². The molecule has 3 N–H and O–H groups in total. The van der Waals surface area contributed by atoms with Crippen molar-refractivity contribution >= 4 is 13.8 Å². The normalized spacial score (nSPS) is 14.1. The third-order valence-electron chi connectivity index (χ3n) is 7.26. The topological polar surface area (TPSA) is 117 Å². The lowest BCUT2D eigenvalue weighted by molar-refractivity contribution is -0.154. The number of hydrogen-bond donors (Lipinski definition) is 2. The molecular weight excluding hydrogens is 589 g/mol. The Kier molecular flexibility index (Phi) is 33.1. The number of phosphoric ester groups is 1. The van der Waals surface area contributed by atoms with Crippen molar-refractivity contribution in [2.45, 2.75) is 155 Å². The van der Waals surface area contributed by atoms with Crippen LogP contribution in [0.25, 0.3) is 0 Å². The van der Waals surface area contributed by atoms with E-state index in [1.54, 1.807) is 0 Å². The van der Waals surface area contributed by atoms with Crippen molar-refractivity contribution in [3.05, 3.63) is 36.5 Å². The summed E-state index contributed by atoms with van der Waals surface area (Å²) in [7, 11) is -4.27. The molecule has 9 heteroatoms. The molecule has 0 amide bonds. The average molecular weight is 658 g/mol. The van der Waals surface area contributed by atoms with Gasteiger partial charge < -0.3 is 20.1 Å². The Balaban J connectivity index is 4.15. The molecule has 0 saturated heterocycles. The number of rotatable bonds is 34. The first-order chi connectivity index (χ1) is 21.9. The molecule has 0 radical (unpaired) electrons. The van der Waals surface area contributed by atoms with Gasteiger partial charge in [-0.05, 0) is 64.2 Å². The lowest BCUT2D eigenvalue weighted by Crippen LogP contribution is -2.28. The lowest BCUT2D eigenvalue weighted by atomic mass is 10.1. The molecule has 0 saturated carbocycles. The molecule has 0 aliphatic heterocycles. The van der Waals surface area contributed by atoms with E-state index in [1.807, 2.05) is 0 Å². The molecule has 2 unspecified atom stereocenters. The van der Waals surface area contributed by atoms with Crippen LogP contribution in [0.15, 0.2) is 36.5 Å². The molecule has 0 aromatic heterocycles. The van der Waals surface area contributed by atoms with Crippen LogP contribution in [0.3, 0.4) is 0 Å². The van der Waals surface area contributed by atoms with Gasteiger partial charge in [0.2, 0.25) is 0 Å². The van der Waals surface area contributed by atoms with Gasteiger partial charge >= 0.3 is 13.8 Å². The zero-order valence-corrected chi connectivity index (χ0v) is 29.7. The van der Waals surface area contributed by atoms with Crippen molar-refractivity contribution in [2.24, 2.45) is 5.73 Å². The number of nitrogens with two attached hydrogens (primary N) is 1. The number of carbonyl (C=O) groups is 1. The summed E-state index contributed by atoms with van der Waals surface area (Å²) >= 11 is 0. The van der Waals surface area contributed by atoms with Gasteiger partial charge in [-0.1, -0.05) is 115 Å². The highest BCUT2D eigenvalue weighted by molar-refractivity contribution is 7.47. The standard InChI is InChI=1S/C36H68NO7P/c1-3-5-7-9-11-13-15-17-18-20-22-24-26-28-31-41-33-35(34-43-45(39,40)42-32-30-37)44-36(38)29-27-25-23-21-19-16-14-12-10-8-6-4-2/h7,9,12-15,35H,3-6,8,10-11,16-34,37H2,1-2H3,(H,39,40)/b9-7-,14-12-,15-13-. The summed E-state index contributed by atoms with van der Waals surface area (Å²) in [4.78, 5) is 22.3. The number of phosphoric acid groups is 1. The Hall–Kier alpha value is -1.28. The van der Waals surface area contributed by atoms with E-state index in [1.165, 1.54) is 57.8 Å². The molecular formula is C36H68NO7P. The molecule has 0 aromatic carbocycles. The number of esters is 1. The van der Waals surface area contributed by atoms with Crippen LogP contribution in [0, 0.1) is 0 Å². The molecule has 0 aromatic rings. The highest BCUT2D eigenvalue weighted by Crippen LogP contribution is 2.43. The number of ether oxygens (including phenoxy) is 2.